The Morgan fingerprint density at radius 2 is 1.86 bits per heavy atom. The SMILES string of the molecule is CO[Si](CCC(N)C1CO1)(OC)OC. The topological polar surface area (TPSA) is 66.2 Å². The van der Waals surface area contributed by atoms with Crippen molar-refractivity contribution in [1.29, 1.82) is 0 Å². The molecule has 1 aliphatic heterocycles. The summed E-state index contributed by atoms with van der Waals surface area (Å²) in [6.45, 7) is 0.780. The highest BCUT2D eigenvalue weighted by Gasteiger charge is 2.40. The fourth-order valence-electron chi connectivity index (χ4n) is 1.39. The third kappa shape index (κ3) is 3.01. The Hall–Kier alpha value is 0.0169. The summed E-state index contributed by atoms with van der Waals surface area (Å²) < 4.78 is 21.0. The highest BCUT2D eigenvalue weighted by Crippen LogP contribution is 2.21. The number of epoxide rings is 1. The summed E-state index contributed by atoms with van der Waals surface area (Å²) in [6.07, 6.45) is 1.04. The van der Waals surface area contributed by atoms with E-state index in [1.54, 1.807) is 21.3 Å². The number of rotatable bonds is 7. The molecule has 0 aromatic heterocycles. The van der Waals surface area contributed by atoms with E-state index in [4.69, 9.17) is 23.7 Å². The van der Waals surface area contributed by atoms with E-state index in [0.717, 1.165) is 19.1 Å². The first-order chi connectivity index (χ1) is 6.67. The number of hydrogen-bond donors (Lipinski definition) is 1. The molecule has 0 aromatic rings. The van der Waals surface area contributed by atoms with E-state index in [9.17, 15) is 0 Å². The third-order valence-electron chi connectivity index (χ3n) is 2.55. The minimum absolute atomic E-state index is 0.0716. The number of hydrogen-bond acceptors (Lipinski definition) is 5. The van der Waals surface area contributed by atoms with Crippen LogP contribution in [0, 0.1) is 0 Å². The minimum atomic E-state index is -2.43. The fourth-order valence-corrected chi connectivity index (χ4v) is 3.19. The van der Waals surface area contributed by atoms with Crippen LogP contribution in [0.4, 0.5) is 0 Å². The van der Waals surface area contributed by atoms with E-state index in [1.807, 2.05) is 0 Å². The van der Waals surface area contributed by atoms with E-state index in [1.165, 1.54) is 0 Å². The van der Waals surface area contributed by atoms with Gasteiger partial charge in [0.1, 0.15) is 0 Å². The highest BCUT2D eigenvalue weighted by molar-refractivity contribution is 6.60. The lowest BCUT2D eigenvalue weighted by Gasteiger charge is -2.25. The largest absolute Gasteiger partial charge is 0.500 e. The van der Waals surface area contributed by atoms with Gasteiger partial charge in [0.15, 0.2) is 0 Å². The molecule has 1 aliphatic rings. The van der Waals surface area contributed by atoms with Crippen LogP contribution in [0.1, 0.15) is 6.42 Å². The highest BCUT2D eigenvalue weighted by atomic mass is 28.4. The van der Waals surface area contributed by atoms with Crippen molar-refractivity contribution in [2.75, 3.05) is 27.9 Å². The number of nitrogens with two attached hydrogens (primary N) is 1. The average Bonchev–Trinajstić information content (AvgIpc) is 3.04. The van der Waals surface area contributed by atoms with Crippen LogP contribution in [-0.2, 0) is 18.0 Å². The molecule has 1 heterocycles. The first-order valence-corrected chi connectivity index (χ1v) is 6.63. The van der Waals surface area contributed by atoms with Crippen LogP contribution in [0.2, 0.25) is 6.04 Å². The second-order valence-corrected chi connectivity index (χ2v) is 6.46. The molecule has 2 unspecified atom stereocenters. The molecule has 14 heavy (non-hydrogen) atoms. The first-order valence-electron chi connectivity index (χ1n) is 4.70. The van der Waals surface area contributed by atoms with Crippen molar-refractivity contribution in [3.63, 3.8) is 0 Å². The van der Waals surface area contributed by atoms with Gasteiger partial charge in [-0.2, -0.15) is 0 Å². The molecule has 0 spiro atoms. The average molecular weight is 221 g/mol. The molecule has 0 bridgehead atoms. The van der Waals surface area contributed by atoms with Gasteiger partial charge in [-0.15, -0.1) is 0 Å². The maximum absolute atomic E-state index is 5.88. The molecule has 2 N–H and O–H groups in total. The zero-order valence-electron chi connectivity index (χ0n) is 8.99. The zero-order chi connectivity index (χ0) is 10.6. The van der Waals surface area contributed by atoms with E-state index in [2.05, 4.69) is 0 Å². The third-order valence-corrected chi connectivity index (χ3v) is 5.32. The van der Waals surface area contributed by atoms with Gasteiger partial charge in [-0.05, 0) is 6.42 Å². The summed E-state index contributed by atoms with van der Waals surface area (Å²) >= 11 is 0. The van der Waals surface area contributed by atoms with Gasteiger partial charge in [-0.3, -0.25) is 0 Å². The van der Waals surface area contributed by atoms with Crippen LogP contribution in [-0.4, -0.2) is 48.9 Å². The molecule has 0 saturated carbocycles. The van der Waals surface area contributed by atoms with Crippen LogP contribution >= 0.6 is 0 Å². The van der Waals surface area contributed by atoms with Gasteiger partial charge in [-0.25, -0.2) is 0 Å². The quantitative estimate of drug-likeness (QED) is 0.483. The maximum atomic E-state index is 5.88. The van der Waals surface area contributed by atoms with Crippen molar-refractivity contribution in [3.05, 3.63) is 0 Å². The Morgan fingerprint density at radius 3 is 2.21 bits per heavy atom. The molecular formula is C8H19NO4Si. The van der Waals surface area contributed by atoms with E-state index < -0.39 is 8.80 Å². The van der Waals surface area contributed by atoms with Gasteiger partial charge in [0.25, 0.3) is 0 Å². The summed E-state index contributed by atoms with van der Waals surface area (Å²) in [4.78, 5) is 0. The lowest BCUT2D eigenvalue weighted by Crippen LogP contribution is -2.44. The molecule has 5 nitrogen and oxygen atoms in total. The molecule has 2 atom stereocenters. The summed E-state index contributed by atoms with van der Waals surface area (Å²) in [7, 11) is 2.39. The molecule has 0 radical (unpaired) electrons. The Labute approximate surface area is 85.8 Å². The molecule has 0 amide bonds. The molecule has 6 heteroatoms. The van der Waals surface area contributed by atoms with Gasteiger partial charge >= 0.3 is 8.80 Å². The summed E-state index contributed by atoms with van der Waals surface area (Å²) in [5.74, 6) is 0. The minimum Gasteiger partial charge on any atom is -0.377 e. The normalized spacial score (nSPS) is 23.6. The van der Waals surface area contributed by atoms with Crippen LogP contribution in [0.15, 0.2) is 0 Å². The zero-order valence-corrected chi connectivity index (χ0v) is 9.99. The van der Waals surface area contributed by atoms with Crippen LogP contribution in [0.3, 0.4) is 0 Å². The van der Waals surface area contributed by atoms with Crippen molar-refractivity contribution in [1.82, 2.24) is 0 Å². The van der Waals surface area contributed by atoms with Crippen molar-refractivity contribution in [2.24, 2.45) is 5.73 Å². The monoisotopic (exact) mass is 221 g/mol. The van der Waals surface area contributed by atoms with Crippen molar-refractivity contribution < 1.29 is 18.0 Å². The summed E-state index contributed by atoms with van der Waals surface area (Å²) in [5, 5.41) is 0. The van der Waals surface area contributed by atoms with Gasteiger partial charge < -0.3 is 23.7 Å². The summed E-state index contributed by atoms with van der Waals surface area (Å²) in [5.41, 5.74) is 5.88. The molecule has 0 aliphatic carbocycles. The Morgan fingerprint density at radius 1 is 1.36 bits per heavy atom. The second kappa shape index (κ2) is 5.20. The molecule has 1 fully saturated rings. The standard InChI is InChI=1S/C8H19NO4Si/c1-10-14(11-2,12-3)5-4-7(9)8-6-13-8/h7-8H,4-6,9H2,1-3H3. The molecule has 0 aromatic carbocycles. The van der Waals surface area contributed by atoms with Gasteiger partial charge in [0.2, 0.25) is 0 Å². The predicted molar refractivity (Wildman–Crippen MR) is 53.9 cm³/mol. The maximum Gasteiger partial charge on any atom is 0.500 e. The lowest BCUT2D eigenvalue weighted by molar-refractivity contribution is 0.122. The van der Waals surface area contributed by atoms with Gasteiger partial charge in [0.05, 0.1) is 12.7 Å². The van der Waals surface area contributed by atoms with E-state index >= 15 is 0 Å². The first kappa shape index (κ1) is 12.1. The molecule has 84 valence electrons. The van der Waals surface area contributed by atoms with E-state index in [0.29, 0.717) is 0 Å². The Balaban J connectivity index is 2.31. The van der Waals surface area contributed by atoms with Crippen LogP contribution < -0.4 is 5.73 Å². The summed E-state index contributed by atoms with van der Waals surface area (Å²) in [6, 6.07) is 0.805. The van der Waals surface area contributed by atoms with Crippen molar-refractivity contribution >= 4 is 8.80 Å². The molecule has 1 rings (SSSR count). The smallest absolute Gasteiger partial charge is 0.377 e. The van der Waals surface area contributed by atoms with E-state index in [-0.39, 0.29) is 12.1 Å². The fraction of sp³-hybridized carbons (Fsp3) is 1.00. The van der Waals surface area contributed by atoms with Gasteiger partial charge in [0, 0.05) is 33.4 Å². The molecule has 1 saturated heterocycles. The van der Waals surface area contributed by atoms with Crippen molar-refractivity contribution in [3.8, 4) is 0 Å². The Bertz CT molecular complexity index is 164. The van der Waals surface area contributed by atoms with Crippen molar-refractivity contribution in [2.45, 2.75) is 24.6 Å². The lowest BCUT2D eigenvalue weighted by atomic mass is 10.2. The number of ether oxygens (including phenoxy) is 1. The Kier molecular flexibility index (Phi) is 4.49. The van der Waals surface area contributed by atoms with Crippen LogP contribution in [0.5, 0.6) is 0 Å². The predicted octanol–water partition coefficient (Wildman–Crippen LogP) is -0.0193. The molecular weight excluding hydrogens is 202 g/mol. The second-order valence-electron chi connectivity index (χ2n) is 3.37. The van der Waals surface area contributed by atoms with Gasteiger partial charge in [-0.1, -0.05) is 0 Å². The van der Waals surface area contributed by atoms with Crippen LogP contribution in [0.25, 0.3) is 0 Å².